The lowest BCUT2D eigenvalue weighted by Crippen LogP contribution is -2.19. The number of fused-ring (bicyclic) bond motifs is 2. The van der Waals surface area contributed by atoms with Crippen LogP contribution in [0.3, 0.4) is 0 Å². The van der Waals surface area contributed by atoms with Gasteiger partial charge in [-0.3, -0.25) is 4.79 Å². The fourth-order valence-electron chi connectivity index (χ4n) is 2.23. The summed E-state index contributed by atoms with van der Waals surface area (Å²) in [5, 5.41) is 9.38. The zero-order valence-corrected chi connectivity index (χ0v) is 10.1. The van der Waals surface area contributed by atoms with Crippen LogP contribution in [0, 0.1) is 5.82 Å². The van der Waals surface area contributed by atoms with E-state index in [9.17, 15) is 14.3 Å². The first kappa shape index (κ1) is 11.3. The van der Waals surface area contributed by atoms with Gasteiger partial charge < -0.3 is 5.11 Å². The number of benzene rings is 2. The molecule has 0 radical (unpaired) electrons. The molecule has 1 N–H and O–H groups in total. The minimum Gasteiger partial charge on any atom is -0.481 e. The monoisotopic (exact) mass is 260 g/mol. The van der Waals surface area contributed by atoms with Gasteiger partial charge in [-0.1, -0.05) is 36.0 Å². The molecule has 0 saturated heterocycles. The van der Waals surface area contributed by atoms with E-state index in [0.717, 1.165) is 4.90 Å². The average Bonchev–Trinajstić information content (AvgIpc) is 2.36. The highest BCUT2D eigenvalue weighted by atomic mass is 32.2. The maximum absolute atomic E-state index is 13.9. The molecule has 0 fully saturated rings. The van der Waals surface area contributed by atoms with E-state index >= 15 is 0 Å². The van der Waals surface area contributed by atoms with Crippen LogP contribution in [0.1, 0.15) is 17.0 Å². The molecule has 2 aromatic carbocycles. The van der Waals surface area contributed by atoms with Gasteiger partial charge in [-0.2, -0.15) is 0 Å². The molecule has 0 aromatic heterocycles. The number of hydrogen-bond acceptors (Lipinski definition) is 2. The van der Waals surface area contributed by atoms with Crippen molar-refractivity contribution in [1.29, 1.82) is 0 Å². The molecule has 0 spiro atoms. The number of rotatable bonds is 1. The third kappa shape index (κ3) is 1.61. The highest BCUT2D eigenvalue weighted by Gasteiger charge is 2.33. The number of carboxylic acids is 1. The van der Waals surface area contributed by atoms with Crippen molar-refractivity contribution in [2.24, 2.45) is 0 Å². The third-order valence-electron chi connectivity index (χ3n) is 3.00. The highest BCUT2D eigenvalue weighted by Crippen LogP contribution is 2.46. The fourth-order valence-corrected chi connectivity index (χ4v) is 3.39. The van der Waals surface area contributed by atoms with Gasteiger partial charge in [-0.25, -0.2) is 4.39 Å². The van der Waals surface area contributed by atoms with Crippen molar-refractivity contribution in [3.63, 3.8) is 0 Å². The second kappa shape index (κ2) is 4.14. The Hall–Kier alpha value is -1.81. The summed E-state index contributed by atoms with van der Waals surface area (Å²) in [4.78, 5) is 13.0. The lowest BCUT2D eigenvalue weighted by Gasteiger charge is -2.25. The van der Waals surface area contributed by atoms with E-state index in [0.29, 0.717) is 10.5 Å². The molecule has 2 aromatic rings. The first-order valence-corrected chi connectivity index (χ1v) is 6.28. The van der Waals surface area contributed by atoms with Crippen LogP contribution in [0.2, 0.25) is 0 Å². The van der Waals surface area contributed by atoms with E-state index in [1.807, 2.05) is 12.1 Å². The molecule has 0 amide bonds. The van der Waals surface area contributed by atoms with E-state index in [4.69, 9.17) is 0 Å². The number of aliphatic carboxylic acids is 1. The number of carboxylic acid groups (broad SMARTS) is 1. The highest BCUT2D eigenvalue weighted by molar-refractivity contribution is 7.99. The van der Waals surface area contributed by atoms with Gasteiger partial charge in [0.15, 0.2) is 0 Å². The van der Waals surface area contributed by atoms with E-state index in [-0.39, 0.29) is 5.56 Å². The van der Waals surface area contributed by atoms with Gasteiger partial charge in [0.1, 0.15) is 11.7 Å². The average molecular weight is 260 g/mol. The molecular formula is C14H9FO2S. The number of carbonyl (C=O) groups is 1. The van der Waals surface area contributed by atoms with Gasteiger partial charge in [0.2, 0.25) is 0 Å². The normalized spacial score (nSPS) is 16.8. The topological polar surface area (TPSA) is 37.3 Å². The second-order valence-electron chi connectivity index (χ2n) is 4.06. The molecule has 1 atom stereocenters. The van der Waals surface area contributed by atoms with Crippen molar-refractivity contribution < 1.29 is 14.3 Å². The molecule has 18 heavy (non-hydrogen) atoms. The minimum atomic E-state index is -1.02. The van der Waals surface area contributed by atoms with Gasteiger partial charge in [-0.15, -0.1) is 0 Å². The Morgan fingerprint density at radius 1 is 1.11 bits per heavy atom. The Bertz CT molecular complexity index is 639. The largest absolute Gasteiger partial charge is 0.481 e. The molecule has 1 aliphatic heterocycles. The predicted octanol–water partition coefficient (Wildman–Crippen LogP) is 3.51. The Morgan fingerprint density at radius 3 is 2.61 bits per heavy atom. The van der Waals surface area contributed by atoms with Crippen LogP contribution in [0.5, 0.6) is 0 Å². The first-order valence-electron chi connectivity index (χ1n) is 5.46. The maximum atomic E-state index is 13.9. The summed E-state index contributed by atoms with van der Waals surface area (Å²) in [6.45, 7) is 0. The second-order valence-corrected chi connectivity index (χ2v) is 5.15. The minimum absolute atomic E-state index is 0.272. The molecule has 1 unspecified atom stereocenters. The summed E-state index contributed by atoms with van der Waals surface area (Å²) >= 11 is 1.41. The summed E-state index contributed by atoms with van der Waals surface area (Å²) in [5.41, 5.74) is 0.932. The number of halogens is 1. The van der Waals surface area contributed by atoms with Gasteiger partial charge in [-0.05, 0) is 23.8 Å². The predicted molar refractivity (Wildman–Crippen MR) is 66.4 cm³/mol. The van der Waals surface area contributed by atoms with E-state index < -0.39 is 17.7 Å². The zero-order valence-electron chi connectivity index (χ0n) is 9.26. The lowest BCUT2D eigenvalue weighted by atomic mass is 9.90. The first-order chi connectivity index (χ1) is 8.68. The quantitative estimate of drug-likeness (QED) is 0.852. The molecule has 1 aliphatic rings. The van der Waals surface area contributed by atoms with Crippen LogP contribution in [0.15, 0.2) is 52.3 Å². The third-order valence-corrected chi connectivity index (χ3v) is 4.17. The fraction of sp³-hybridized carbons (Fsp3) is 0.0714. The Kier molecular flexibility index (Phi) is 2.59. The Balaban J connectivity index is 2.28. The maximum Gasteiger partial charge on any atom is 0.315 e. The molecule has 2 nitrogen and oxygen atoms in total. The zero-order chi connectivity index (χ0) is 12.7. The molecule has 3 rings (SSSR count). The summed E-state index contributed by atoms with van der Waals surface area (Å²) in [5.74, 6) is -2.39. The summed E-state index contributed by atoms with van der Waals surface area (Å²) < 4.78 is 13.9. The van der Waals surface area contributed by atoms with Crippen LogP contribution < -0.4 is 0 Å². The van der Waals surface area contributed by atoms with Gasteiger partial charge in [0, 0.05) is 15.4 Å². The molecule has 1 heterocycles. The van der Waals surface area contributed by atoms with Crippen LogP contribution in [-0.2, 0) is 4.79 Å². The molecule has 0 aliphatic carbocycles. The summed E-state index contributed by atoms with van der Waals surface area (Å²) in [6, 6.07) is 11.9. The molecule has 0 saturated carbocycles. The van der Waals surface area contributed by atoms with Crippen molar-refractivity contribution in [1.82, 2.24) is 0 Å². The van der Waals surface area contributed by atoms with Crippen LogP contribution in [0.25, 0.3) is 0 Å². The lowest BCUT2D eigenvalue weighted by molar-refractivity contribution is -0.137. The van der Waals surface area contributed by atoms with E-state index in [1.165, 1.54) is 17.8 Å². The SMILES string of the molecule is O=C(O)C1c2ccccc2Sc2cccc(F)c21. The smallest absolute Gasteiger partial charge is 0.315 e. The van der Waals surface area contributed by atoms with Crippen LogP contribution in [-0.4, -0.2) is 11.1 Å². The Morgan fingerprint density at radius 2 is 1.83 bits per heavy atom. The number of hydrogen-bond donors (Lipinski definition) is 1. The van der Waals surface area contributed by atoms with Gasteiger partial charge in [0.25, 0.3) is 0 Å². The van der Waals surface area contributed by atoms with Crippen molar-refractivity contribution >= 4 is 17.7 Å². The summed E-state index contributed by atoms with van der Waals surface area (Å²) in [7, 11) is 0. The van der Waals surface area contributed by atoms with Crippen LogP contribution >= 0.6 is 11.8 Å². The Labute approximate surface area is 107 Å². The van der Waals surface area contributed by atoms with Crippen LogP contribution in [0.4, 0.5) is 4.39 Å². The van der Waals surface area contributed by atoms with E-state index in [1.54, 1.807) is 24.3 Å². The summed E-state index contributed by atoms with van der Waals surface area (Å²) in [6.07, 6.45) is 0. The van der Waals surface area contributed by atoms with Crippen molar-refractivity contribution in [2.45, 2.75) is 15.7 Å². The molecule has 90 valence electrons. The molecule has 4 heteroatoms. The van der Waals surface area contributed by atoms with Crippen molar-refractivity contribution in [3.05, 3.63) is 59.4 Å². The standard InChI is InChI=1S/C14H9FO2S/c15-9-5-3-7-11-13(9)12(14(16)17)8-4-1-2-6-10(8)18-11/h1-7,12H,(H,16,17). The molecular weight excluding hydrogens is 251 g/mol. The van der Waals surface area contributed by atoms with Crippen molar-refractivity contribution in [2.75, 3.05) is 0 Å². The molecule has 0 bridgehead atoms. The van der Waals surface area contributed by atoms with Crippen molar-refractivity contribution in [3.8, 4) is 0 Å². The van der Waals surface area contributed by atoms with E-state index in [2.05, 4.69) is 0 Å². The van der Waals surface area contributed by atoms with Gasteiger partial charge in [0.05, 0.1) is 0 Å². The van der Waals surface area contributed by atoms with Gasteiger partial charge >= 0.3 is 5.97 Å².